The van der Waals surface area contributed by atoms with Crippen molar-refractivity contribution in [2.45, 2.75) is 51.2 Å². The molecule has 1 amide bonds. The van der Waals surface area contributed by atoms with Gasteiger partial charge in [-0.15, -0.1) is 0 Å². The molecule has 1 rings (SSSR count). The van der Waals surface area contributed by atoms with Crippen LogP contribution in [-0.4, -0.2) is 39.2 Å². The van der Waals surface area contributed by atoms with Gasteiger partial charge in [0.25, 0.3) is 5.91 Å². The van der Waals surface area contributed by atoms with Crippen LogP contribution in [0.3, 0.4) is 0 Å². The molecule has 152 valence electrons. The molecule has 0 radical (unpaired) electrons. The lowest BCUT2D eigenvalue weighted by Gasteiger charge is -2.17. The molecule has 7 nitrogen and oxygen atoms in total. The Balaban J connectivity index is 2.72. The Labute approximate surface area is 161 Å². The van der Waals surface area contributed by atoms with E-state index in [9.17, 15) is 14.2 Å². The van der Waals surface area contributed by atoms with Crippen LogP contribution in [-0.2, 0) is 29.3 Å². The number of benzene rings is 1. The van der Waals surface area contributed by atoms with Crippen LogP contribution in [0.1, 0.15) is 54.9 Å². The van der Waals surface area contributed by atoms with Gasteiger partial charge in [-0.1, -0.05) is 44.7 Å². The first kappa shape index (κ1) is 23.3. The van der Waals surface area contributed by atoms with E-state index in [2.05, 4.69) is 12.2 Å². The fraction of sp³-hybridized carbons (Fsp3) is 0.579. The number of unbranched alkanes of at least 4 members (excludes halogenated alkanes) is 3. The zero-order valence-electron chi connectivity index (χ0n) is 16.5. The molecule has 8 heteroatoms. The molecule has 0 saturated heterocycles. The maximum Gasteiger partial charge on any atom is 0.334 e. The zero-order chi connectivity index (χ0) is 20.3. The van der Waals surface area contributed by atoms with Crippen LogP contribution in [0.5, 0.6) is 0 Å². The third-order valence-corrected chi connectivity index (χ3v) is 6.15. The van der Waals surface area contributed by atoms with Crippen molar-refractivity contribution in [2.24, 2.45) is 0 Å². The van der Waals surface area contributed by atoms with Crippen molar-refractivity contribution < 1.29 is 27.9 Å². The molecule has 0 saturated carbocycles. The van der Waals surface area contributed by atoms with Crippen LogP contribution in [0.15, 0.2) is 24.3 Å². The van der Waals surface area contributed by atoms with Gasteiger partial charge in [-0.25, -0.2) is 4.79 Å². The molecule has 0 fully saturated rings. The van der Waals surface area contributed by atoms with E-state index in [0.717, 1.165) is 31.2 Å². The summed E-state index contributed by atoms with van der Waals surface area (Å²) in [5, 5.41) is 2.73. The average Bonchev–Trinajstić information content (AvgIpc) is 2.69. The van der Waals surface area contributed by atoms with Gasteiger partial charge in [-0.3, -0.25) is 9.36 Å². The number of nitrogens with one attached hydrogen (secondary N) is 1. The molecule has 0 aliphatic carbocycles. The van der Waals surface area contributed by atoms with Gasteiger partial charge in [-0.05, 0) is 24.1 Å². The van der Waals surface area contributed by atoms with E-state index >= 15 is 0 Å². The normalized spacial score (nSPS) is 12.4. The molecule has 1 atom stereocenters. The predicted octanol–water partition coefficient (Wildman–Crippen LogP) is 3.91. The second-order valence-electron chi connectivity index (χ2n) is 6.23. The molecule has 0 unspecified atom stereocenters. The molecular formula is C19H30NO6P. The Hall–Kier alpha value is -1.69. The molecule has 0 aliphatic rings. The van der Waals surface area contributed by atoms with Gasteiger partial charge in [-0.2, -0.15) is 0 Å². The van der Waals surface area contributed by atoms with Gasteiger partial charge in [0.2, 0.25) is 0 Å². The van der Waals surface area contributed by atoms with Crippen LogP contribution in [0.4, 0.5) is 0 Å². The Bertz CT molecular complexity index is 638. The molecule has 0 bridgehead atoms. The van der Waals surface area contributed by atoms with Crippen molar-refractivity contribution in [1.29, 1.82) is 0 Å². The van der Waals surface area contributed by atoms with Crippen LogP contribution in [0, 0.1) is 0 Å². The number of hydrogen-bond acceptors (Lipinski definition) is 6. The SMILES string of the molecule is CCCCCC[C@H](NC(=O)c1ccc(CP(=O)(OC)OC)cc1)C(=O)OC. The highest BCUT2D eigenvalue weighted by Gasteiger charge is 2.23. The average molecular weight is 399 g/mol. The van der Waals surface area contributed by atoms with Crippen LogP contribution in [0.25, 0.3) is 0 Å². The molecule has 0 aromatic heterocycles. The summed E-state index contributed by atoms with van der Waals surface area (Å²) < 4.78 is 26.8. The summed E-state index contributed by atoms with van der Waals surface area (Å²) in [6, 6.07) is 5.95. The van der Waals surface area contributed by atoms with Gasteiger partial charge in [0.15, 0.2) is 0 Å². The monoisotopic (exact) mass is 399 g/mol. The molecular weight excluding hydrogens is 369 g/mol. The summed E-state index contributed by atoms with van der Waals surface area (Å²) in [7, 11) is 0.816. The topological polar surface area (TPSA) is 90.9 Å². The molecule has 1 N–H and O–H groups in total. The largest absolute Gasteiger partial charge is 0.467 e. The van der Waals surface area contributed by atoms with Crippen molar-refractivity contribution in [2.75, 3.05) is 21.3 Å². The lowest BCUT2D eigenvalue weighted by molar-refractivity contribution is -0.143. The first-order valence-corrected chi connectivity index (χ1v) is 10.8. The highest BCUT2D eigenvalue weighted by molar-refractivity contribution is 7.52. The van der Waals surface area contributed by atoms with E-state index in [-0.39, 0.29) is 12.1 Å². The predicted molar refractivity (Wildman–Crippen MR) is 104 cm³/mol. The highest BCUT2D eigenvalue weighted by atomic mass is 31.2. The minimum Gasteiger partial charge on any atom is -0.467 e. The number of amides is 1. The number of methoxy groups -OCH3 is 1. The molecule has 0 heterocycles. The Morgan fingerprint density at radius 3 is 2.19 bits per heavy atom. The van der Waals surface area contributed by atoms with Crippen LogP contribution in [0.2, 0.25) is 0 Å². The van der Waals surface area contributed by atoms with Crippen molar-refractivity contribution in [3.63, 3.8) is 0 Å². The van der Waals surface area contributed by atoms with Crippen molar-refractivity contribution in [1.82, 2.24) is 5.32 Å². The smallest absolute Gasteiger partial charge is 0.334 e. The summed E-state index contributed by atoms with van der Waals surface area (Å²) in [6.07, 6.45) is 4.70. The fourth-order valence-corrected chi connectivity index (χ4v) is 3.66. The molecule has 1 aromatic rings. The number of ether oxygens (including phenoxy) is 1. The van der Waals surface area contributed by atoms with Crippen molar-refractivity contribution >= 4 is 19.5 Å². The van der Waals surface area contributed by atoms with Gasteiger partial charge in [0, 0.05) is 19.8 Å². The minimum atomic E-state index is -3.16. The second kappa shape index (κ2) is 11.9. The Kier molecular flexibility index (Phi) is 10.3. The number of hydrogen-bond donors (Lipinski definition) is 1. The van der Waals surface area contributed by atoms with E-state index in [1.807, 2.05) is 0 Å². The van der Waals surface area contributed by atoms with Crippen molar-refractivity contribution in [3.8, 4) is 0 Å². The van der Waals surface area contributed by atoms with Gasteiger partial charge < -0.3 is 19.1 Å². The Morgan fingerprint density at radius 1 is 1.04 bits per heavy atom. The fourth-order valence-electron chi connectivity index (χ4n) is 2.60. The summed E-state index contributed by atoms with van der Waals surface area (Å²) in [4.78, 5) is 24.4. The number of carbonyl (C=O) groups excluding carboxylic acids is 2. The summed E-state index contributed by atoms with van der Waals surface area (Å²) in [5.41, 5.74) is 1.13. The summed E-state index contributed by atoms with van der Waals surface area (Å²) in [5.74, 6) is -0.799. The van der Waals surface area contributed by atoms with Gasteiger partial charge in [0.05, 0.1) is 13.3 Å². The standard InChI is InChI=1S/C19H30NO6P/c1-5-6-7-8-9-17(19(22)24-2)20-18(21)16-12-10-15(11-13-16)14-27(23,25-3)26-4/h10-13,17H,5-9,14H2,1-4H3,(H,20,21)/t17-/m0/s1. The van der Waals surface area contributed by atoms with E-state index in [1.54, 1.807) is 24.3 Å². The zero-order valence-corrected chi connectivity index (χ0v) is 17.4. The molecule has 27 heavy (non-hydrogen) atoms. The molecule has 1 aromatic carbocycles. The summed E-state index contributed by atoms with van der Waals surface area (Å²) >= 11 is 0. The third kappa shape index (κ3) is 7.83. The third-order valence-electron chi connectivity index (χ3n) is 4.29. The lowest BCUT2D eigenvalue weighted by atomic mass is 10.1. The van der Waals surface area contributed by atoms with Gasteiger partial charge in [0.1, 0.15) is 6.04 Å². The van der Waals surface area contributed by atoms with Crippen molar-refractivity contribution in [3.05, 3.63) is 35.4 Å². The number of rotatable bonds is 12. The number of carbonyl (C=O) groups is 2. The van der Waals surface area contributed by atoms with E-state index in [4.69, 9.17) is 13.8 Å². The van der Waals surface area contributed by atoms with Crippen LogP contribution < -0.4 is 5.32 Å². The number of esters is 1. The minimum absolute atomic E-state index is 0.115. The molecule has 0 spiro atoms. The molecule has 0 aliphatic heterocycles. The van der Waals surface area contributed by atoms with E-state index < -0.39 is 19.6 Å². The lowest BCUT2D eigenvalue weighted by Crippen LogP contribution is -2.41. The first-order chi connectivity index (χ1) is 12.9. The van der Waals surface area contributed by atoms with Gasteiger partial charge >= 0.3 is 13.6 Å². The quantitative estimate of drug-likeness (QED) is 0.325. The van der Waals surface area contributed by atoms with Crippen LogP contribution >= 0.6 is 7.60 Å². The second-order valence-corrected chi connectivity index (χ2v) is 8.50. The maximum atomic E-state index is 12.5. The first-order valence-electron chi connectivity index (χ1n) is 9.07. The van der Waals surface area contributed by atoms with E-state index in [0.29, 0.717) is 12.0 Å². The van der Waals surface area contributed by atoms with E-state index in [1.165, 1.54) is 21.3 Å². The maximum absolute atomic E-state index is 12.5. The highest BCUT2D eigenvalue weighted by Crippen LogP contribution is 2.49. The Morgan fingerprint density at radius 2 is 1.67 bits per heavy atom. The summed E-state index contributed by atoms with van der Waals surface area (Å²) in [6.45, 7) is 2.11.